The van der Waals surface area contributed by atoms with Crippen molar-refractivity contribution in [1.29, 1.82) is 0 Å². The summed E-state index contributed by atoms with van der Waals surface area (Å²) in [5, 5.41) is 6.15. The quantitative estimate of drug-likeness (QED) is 0.396. The van der Waals surface area contributed by atoms with Crippen LogP contribution in [0.5, 0.6) is 0 Å². The smallest absolute Gasteiger partial charge is 0.191 e. The Morgan fingerprint density at radius 1 is 1.30 bits per heavy atom. The van der Waals surface area contributed by atoms with Crippen molar-refractivity contribution in [1.82, 2.24) is 10.6 Å². The molecular formula is C15H24FN3O3S. The zero-order chi connectivity index (χ0) is 17.1. The Labute approximate surface area is 137 Å². The molecule has 130 valence electrons. The second-order valence-corrected chi connectivity index (χ2v) is 7.25. The highest BCUT2D eigenvalue weighted by molar-refractivity contribution is 7.90. The molecular weight excluding hydrogens is 321 g/mol. The highest BCUT2D eigenvalue weighted by atomic mass is 32.2. The number of hydrogen-bond acceptors (Lipinski definition) is 4. The predicted molar refractivity (Wildman–Crippen MR) is 89.7 cm³/mol. The zero-order valence-electron chi connectivity index (χ0n) is 13.5. The van der Waals surface area contributed by atoms with Gasteiger partial charge in [0.05, 0.1) is 25.5 Å². The van der Waals surface area contributed by atoms with Gasteiger partial charge in [-0.15, -0.1) is 0 Å². The zero-order valence-corrected chi connectivity index (χ0v) is 14.3. The third-order valence-corrected chi connectivity index (χ3v) is 3.70. The summed E-state index contributed by atoms with van der Waals surface area (Å²) < 4.78 is 40.2. The number of ether oxygens (including phenoxy) is 1. The molecule has 6 nitrogen and oxygen atoms in total. The van der Waals surface area contributed by atoms with Gasteiger partial charge in [-0.05, 0) is 24.6 Å². The number of rotatable bonds is 9. The van der Waals surface area contributed by atoms with Gasteiger partial charge in [-0.25, -0.2) is 17.8 Å². The maximum atomic E-state index is 13.1. The maximum Gasteiger partial charge on any atom is 0.191 e. The normalized spacial score (nSPS) is 12.2. The Kier molecular flexibility index (Phi) is 8.57. The number of nitrogens with zero attached hydrogens (tertiary/aromatic N) is 1. The van der Waals surface area contributed by atoms with Crippen LogP contribution in [0, 0.1) is 5.82 Å². The van der Waals surface area contributed by atoms with Crippen LogP contribution in [0.3, 0.4) is 0 Å². The number of halogens is 1. The van der Waals surface area contributed by atoms with Crippen molar-refractivity contribution in [3.8, 4) is 0 Å². The van der Waals surface area contributed by atoms with Gasteiger partial charge in [0.2, 0.25) is 0 Å². The fraction of sp³-hybridized carbons (Fsp3) is 0.533. The summed E-state index contributed by atoms with van der Waals surface area (Å²) in [6.07, 6.45) is 1.18. The Morgan fingerprint density at radius 2 is 2.09 bits per heavy atom. The van der Waals surface area contributed by atoms with Gasteiger partial charge in [-0.3, -0.25) is 0 Å². The molecule has 0 fully saturated rings. The molecule has 0 atom stereocenters. The van der Waals surface area contributed by atoms with E-state index in [4.69, 9.17) is 4.74 Å². The summed E-state index contributed by atoms with van der Waals surface area (Å²) in [7, 11) is -2.99. The Bertz CT molecular complexity index is 606. The molecule has 2 N–H and O–H groups in total. The summed E-state index contributed by atoms with van der Waals surface area (Å²) in [4.78, 5) is 4.36. The molecule has 0 heterocycles. The SMILES string of the molecule is CCNC(=NCc1cccc(F)c1)NCCOCCS(C)(=O)=O. The summed E-state index contributed by atoms with van der Waals surface area (Å²) in [5.74, 6) is 0.333. The molecule has 0 saturated heterocycles. The second-order valence-electron chi connectivity index (χ2n) is 4.99. The number of guanidine groups is 1. The molecule has 1 rings (SSSR count). The lowest BCUT2D eigenvalue weighted by atomic mass is 10.2. The molecule has 0 spiro atoms. The van der Waals surface area contributed by atoms with Gasteiger partial charge < -0.3 is 15.4 Å². The van der Waals surface area contributed by atoms with E-state index in [1.165, 1.54) is 18.4 Å². The maximum absolute atomic E-state index is 13.1. The third-order valence-electron chi connectivity index (χ3n) is 2.79. The van der Waals surface area contributed by atoms with Crippen LogP contribution in [0.4, 0.5) is 4.39 Å². The first-order valence-corrected chi connectivity index (χ1v) is 9.49. The van der Waals surface area contributed by atoms with Crippen molar-refractivity contribution in [3.63, 3.8) is 0 Å². The first-order chi connectivity index (χ1) is 10.9. The van der Waals surface area contributed by atoms with Crippen molar-refractivity contribution in [2.24, 2.45) is 4.99 Å². The molecule has 8 heteroatoms. The molecule has 0 amide bonds. The van der Waals surface area contributed by atoms with Gasteiger partial charge in [0.1, 0.15) is 15.7 Å². The van der Waals surface area contributed by atoms with Crippen LogP contribution in [0.15, 0.2) is 29.3 Å². The fourth-order valence-corrected chi connectivity index (χ4v) is 2.12. The number of hydrogen-bond donors (Lipinski definition) is 2. The summed E-state index contributed by atoms with van der Waals surface area (Å²) >= 11 is 0. The van der Waals surface area contributed by atoms with Gasteiger partial charge in [0.15, 0.2) is 5.96 Å². The van der Waals surface area contributed by atoms with Crippen LogP contribution < -0.4 is 10.6 Å². The van der Waals surface area contributed by atoms with E-state index in [1.54, 1.807) is 6.07 Å². The topological polar surface area (TPSA) is 79.8 Å². The van der Waals surface area contributed by atoms with E-state index < -0.39 is 9.84 Å². The minimum absolute atomic E-state index is 0.0146. The summed E-state index contributed by atoms with van der Waals surface area (Å²) in [6.45, 7) is 4.06. The van der Waals surface area contributed by atoms with Gasteiger partial charge in [-0.1, -0.05) is 12.1 Å². The predicted octanol–water partition coefficient (Wildman–Crippen LogP) is 0.942. The van der Waals surface area contributed by atoms with Crippen molar-refractivity contribution in [3.05, 3.63) is 35.6 Å². The van der Waals surface area contributed by atoms with Crippen LogP contribution >= 0.6 is 0 Å². The molecule has 0 aliphatic heterocycles. The van der Waals surface area contributed by atoms with Crippen LogP contribution in [-0.4, -0.2) is 52.7 Å². The number of sulfone groups is 1. The molecule has 0 aliphatic rings. The van der Waals surface area contributed by atoms with Crippen LogP contribution in [0.2, 0.25) is 0 Å². The number of aliphatic imine (C=N–C) groups is 1. The molecule has 0 saturated carbocycles. The lowest BCUT2D eigenvalue weighted by Crippen LogP contribution is -2.39. The van der Waals surface area contributed by atoms with Crippen molar-refractivity contribution < 1.29 is 17.5 Å². The first kappa shape index (κ1) is 19.4. The van der Waals surface area contributed by atoms with E-state index in [-0.39, 0.29) is 18.2 Å². The third kappa shape index (κ3) is 9.85. The Balaban J connectivity index is 2.35. The molecule has 0 bridgehead atoms. The lowest BCUT2D eigenvalue weighted by molar-refractivity contribution is 0.154. The van der Waals surface area contributed by atoms with Crippen molar-refractivity contribution in [2.45, 2.75) is 13.5 Å². The minimum Gasteiger partial charge on any atom is -0.379 e. The average Bonchev–Trinajstić information content (AvgIpc) is 2.47. The highest BCUT2D eigenvalue weighted by Gasteiger charge is 2.02. The van der Waals surface area contributed by atoms with E-state index in [9.17, 15) is 12.8 Å². The van der Waals surface area contributed by atoms with Crippen LogP contribution in [0.25, 0.3) is 0 Å². The lowest BCUT2D eigenvalue weighted by Gasteiger charge is -2.11. The van der Waals surface area contributed by atoms with Gasteiger partial charge in [0, 0.05) is 19.3 Å². The van der Waals surface area contributed by atoms with E-state index in [2.05, 4.69) is 15.6 Å². The second kappa shape index (κ2) is 10.2. The molecule has 1 aromatic rings. The summed E-state index contributed by atoms with van der Waals surface area (Å²) in [6, 6.07) is 6.30. The monoisotopic (exact) mass is 345 g/mol. The van der Waals surface area contributed by atoms with E-state index >= 15 is 0 Å². The summed E-state index contributed by atoms with van der Waals surface area (Å²) in [5.41, 5.74) is 0.784. The number of nitrogens with one attached hydrogen (secondary N) is 2. The molecule has 0 radical (unpaired) electrons. The first-order valence-electron chi connectivity index (χ1n) is 7.43. The fourth-order valence-electron chi connectivity index (χ4n) is 1.70. The number of benzene rings is 1. The van der Waals surface area contributed by atoms with E-state index in [0.29, 0.717) is 32.2 Å². The van der Waals surface area contributed by atoms with E-state index in [1.807, 2.05) is 13.0 Å². The van der Waals surface area contributed by atoms with E-state index in [0.717, 1.165) is 5.56 Å². The largest absolute Gasteiger partial charge is 0.379 e. The Hall–Kier alpha value is -1.67. The van der Waals surface area contributed by atoms with Crippen molar-refractivity contribution >= 4 is 15.8 Å². The van der Waals surface area contributed by atoms with Gasteiger partial charge >= 0.3 is 0 Å². The van der Waals surface area contributed by atoms with Gasteiger partial charge in [-0.2, -0.15) is 0 Å². The molecule has 0 aromatic heterocycles. The molecule has 23 heavy (non-hydrogen) atoms. The molecule has 1 aromatic carbocycles. The van der Waals surface area contributed by atoms with Gasteiger partial charge in [0.25, 0.3) is 0 Å². The standard InChI is InChI=1S/C15H24FN3O3S/c1-3-17-15(18-7-8-22-9-10-23(2,20)21)19-12-13-5-4-6-14(16)11-13/h4-6,11H,3,7-10,12H2,1-2H3,(H2,17,18,19). The Morgan fingerprint density at radius 3 is 2.74 bits per heavy atom. The van der Waals surface area contributed by atoms with Crippen LogP contribution in [-0.2, 0) is 21.1 Å². The van der Waals surface area contributed by atoms with Crippen LogP contribution in [0.1, 0.15) is 12.5 Å². The molecule has 0 unspecified atom stereocenters. The minimum atomic E-state index is -2.99. The average molecular weight is 345 g/mol. The molecule has 0 aliphatic carbocycles. The van der Waals surface area contributed by atoms with Crippen molar-refractivity contribution in [2.75, 3.05) is 38.3 Å². The highest BCUT2D eigenvalue weighted by Crippen LogP contribution is 2.04.